The first-order valence-electron chi connectivity index (χ1n) is 10.1. The van der Waals surface area contributed by atoms with Crippen molar-refractivity contribution in [2.75, 3.05) is 12.3 Å². The monoisotopic (exact) mass is 443 g/mol. The topological polar surface area (TPSA) is 62.3 Å². The Morgan fingerprint density at radius 1 is 1.17 bits per heavy atom. The van der Waals surface area contributed by atoms with E-state index in [4.69, 9.17) is 26.8 Å². The van der Waals surface area contributed by atoms with Gasteiger partial charge >= 0.3 is 0 Å². The summed E-state index contributed by atoms with van der Waals surface area (Å²) in [6.07, 6.45) is 7.91. The number of hydrogen-bond acceptors (Lipinski definition) is 5. The van der Waals surface area contributed by atoms with Crippen LogP contribution in [0.2, 0.25) is 5.02 Å². The second-order valence-electron chi connectivity index (χ2n) is 7.60. The summed E-state index contributed by atoms with van der Waals surface area (Å²) < 4.78 is 15.2. The number of ether oxygens (including phenoxy) is 2. The minimum absolute atomic E-state index is 0.448. The molecular weight excluding hydrogens is 418 g/mol. The molecule has 0 spiro atoms. The van der Waals surface area contributed by atoms with Crippen LogP contribution >= 0.6 is 23.4 Å². The van der Waals surface area contributed by atoms with Crippen molar-refractivity contribution in [1.29, 1.82) is 0 Å². The fourth-order valence-electron chi connectivity index (χ4n) is 3.61. The number of aryl methyl sites for hydroxylation is 1. The summed E-state index contributed by atoms with van der Waals surface area (Å²) in [6.45, 7) is 3.25. The third-order valence-electron chi connectivity index (χ3n) is 5.34. The summed E-state index contributed by atoms with van der Waals surface area (Å²) >= 11 is 7.73. The highest BCUT2D eigenvalue weighted by molar-refractivity contribution is 8.00. The van der Waals surface area contributed by atoms with Gasteiger partial charge < -0.3 is 19.8 Å². The van der Waals surface area contributed by atoms with Crippen molar-refractivity contribution >= 4 is 29.1 Å². The molecule has 0 unspecified atom stereocenters. The van der Waals surface area contributed by atoms with Crippen molar-refractivity contribution in [3.05, 3.63) is 77.8 Å². The van der Waals surface area contributed by atoms with Crippen molar-refractivity contribution in [2.24, 2.45) is 0 Å². The Balaban J connectivity index is 1.54. The predicted octanol–water partition coefficient (Wildman–Crippen LogP) is 5.39. The highest BCUT2D eigenvalue weighted by atomic mass is 35.5. The summed E-state index contributed by atoms with van der Waals surface area (Å²) in [5.74, 6) is -0.725. The Morgan fingerprint density at radius 3 is 2.60 bits per heavy atom. The van der Waals surface area contributed by atoms with Crippen LogP contribution in [-0.4, -0.2) is 26.9 Å². The molecule has 1 fully saturated rings. The molecule has 2 aromatic carbocycles. The summed E-state index contributed by atoms with van der Waals surface area (Å²) in [6, 6.07) is 15.8. The van der Waals surface area contributed by atoms with Crippen LogP contribution in [0.5, 0.6) is 0 Å². The van der Waals surface area contributed by atoms with Crippen LogP contribution in [0.25, 0.3) is 0 Å². The standard InChI is InChI=1S/C23H26ClN3O2S/c1-2-23(30-21-9-7-20(25)8-10-21)16-28-22(29-23,15-27-14-13-26-17-27)12-11-18-3-5-19(24)6-4-18/h3-10,13-14,17H,2,11-12,15-16,25H2,1H3/t22-,23-/m0/s1. The summed E-state index contributed by atoms with van der Waals surface area (Å²) in [5.41, 5.74) is 7.80. The quantitative estimate of drug-likeness (QED) is 0.472. The van der Waals surface area contributed by atoms with Crippen molar-refractivity contribution in [3.8, 4) is 0 Å². The van der Waals surface area contributed by atoms with E-state index in [1.165, 1.54) is 5.56 Å². The number of nitrogens with two attached hydrogens (primary N) is 1. The zero-order valence-corrected chi connectivity index (χ0v) is 18.5. The molecule has 4 rings (SSSR count). The fraction of sp³-hybridized carbons (Fsp3) is 0.348. The van der Waals surface area contributed by atoms with E-state index in [0.29, 0.717) is 13.2 Å². The van der Waals surface area contributed by atoms with Gasteiger partial charge in [-0.05, 0) is 54.8 Å². The van der Waals surface area contributed by atoms with E-state index in [2.05, 4.69) is 24.0 Å². The minimum Gasteiger partial charge on any atom is -0.399 e. The first-order chi connectivity index (χ1) is 14.5. The van der Waals surface area contributed by atoms with Gasteiger partial charge in [0.25, 0.3) is 0 Å². The maximum absolute atomic E-state index is 6.77. The van der Waals surface area contributed by atoms with Crippen molar-refractivity contribution < 1.29 is 9.47 Å². The van der Waals surface area contributed by atoms with Gasteiger partial charge in [-0.1, -0.05) is 42.4 Å². The van der Waals surface area contributed by atoms with E-state index in [1.54, 1.807) is 24.3 Å². The van der Waals surface area contributed by atoms with Gasteiger partial charge in [-0.2, -0.15) is 0 Å². The van der Waals surface area contributed by atoms with E-state index in [-0.39, 0.29) is 0 Å². The van der Waals surface area contributed by atoms with E-state index < -0.39 is 10.7 Å². The number of nitrogen functional groups attached to an aromatic ring is 1. The van der Waals surface area contributed by atoms with Crippen LogP contribution in [0.15, 0.2) is 72.1 Å². The average Bonchev–Trinajstić information content (AvgIpc) is 3.39. The number of benzene rings is 2. The molecule has 7 heteroatoms. The largest absolute Gasteiger partial charge is 0.399 e. The number of thioether (sulfide) groups is 1. The normalized spacial score (nSPS) is 23.7. The van der Waals surface area contributed by atoms with Crippen molar-refractivity contribution in [3.63, 3.8) is 0 Å². The molecule has 5 nitrogen and oxygen atoms in total. The van der Waals surface area contributed by atoms with Gasteiger partial charge in [-0.25, -0.2) is 4.98 Å². The van der Waals surface area contributed by atoms with Crippen LogP contribution < -0.4 is 5.73 Å². The lowest BCUT2D eigenvalue weighted by Gasteiger charge is -2.32. The molecule has 2 atom stereocenters. The summed E-state index contributed by atoms with van der Waals surface area (Å²) in [4.78, 5) is 4.84. The molecule has 1 saturated heterocycles. The molecule has 30 heavy (non-hydrogen) atoms. The van der Waals surface area contributed by atoms with E-state index >= 15 is 0 Å². The van der Waals surface area contributed by atoms with Crippen LogP contribution in [-0.2, 0) is 22.4 Å². The Morgan fingerprint density at radius 2 is 1.93 bits per heavy atom. The van der Waals surface area contributed by atoms with E-state index in [0.717, 1.165) is 34.9 Å². The van der Waals surface area contributed by atoms with Crippen LogP contribution in [0.4, 0.5) is 5.69 Å². The molecule has 0 amide bonds. The number of halogens is 1. The number of nitrogens with zero attached hydrogens (tertiary/aromatic N) is 2. The minimum atomic E-state index is -0.725. The number of anilines is 1. The molecule has 2 N–H and O–H groups in total. The van der Waals surface area contributed by atoms with Crippen LogP contribution in [0, 0.1) is 0 Å². The van der Waals surface area contributed by atoms with Gasteiger partial charge in [0.2, 0.25) is 0 Å². The Bertz CT molecular complexity index is 950. The highest BCUT2D eigenvalue weighted by Crippen LogP contribution is 2.47. The van der Waals surface area contributed by atoms with Gasteiger partial charge in [0, 0.05) is 34.4 Å². The molecule has 0 aliphatic carbocycles. The lowest BCUT2D eigenvalue weighted by atomic mass is 10.0. The van der Waals surface area contributed by atoms with Crippen LogP contribution in [0.3, 0.4) is 0 Å². The third-order valence-corrected chi connectivity index (χ3v) is 6.96. The maximum atomic E-state index is 6.77. The molecule has 2 heterocycles. The van der Waals surface area contributed by atoms with E-state index in [1.807, 2.05) is 47.2 Å². The first kappa shape index (κ1) is 21.2. The number of imidazole rings is 1. The van der Waals surface area contributed by atoms with Gasteiger partial charge in [-0.15, -0.1) is 0 Å². The molecule has 3 aromatic rings. The Kier molecular flexibility index (Phi) is 6.39. The fourth-order valence-corrected chi connectivity index (χ4v) is 4.89. The number of aromatic nitrogens is 2. The van der Waals surface area contributed by atoms with E-state index in [9.17, 15) is 0 Å². The second kappa shape index (κ2) is 9.02. The Labute approximate surface area is 186 Å². The predicted molar refractivity (Wildman–Crippen MR) is 122 cm³/mol. The SMILES string of the molecule is CC[C@]1(Sc2ccc(N)cc2)CO[C@](CCc2ccc(Cl)cc2)(Cn2ccnc2)O1. The van der Waals surface area contributed by atoms with Gasteiger partial charge in [-0.3, -0.25) is 0 Å². The molecule has 0 saturated carbocycles. The van der Waals surface area contributed by atoms with Gasteiger partial charge in [0.15, 0.2) is 5.79 Å². The summed E-state index contributed by atoms with van der Waals surface area (Å²) in [7, 11) is 0. The lowest BCUT2D eigenvalue weighted by molar-refractivity contribution is -0.187. The molecule has 158 valence electrons. The molecular formula is C23H26ClN3O2S. The van der Waals surface area contributed by atoms with Gasteiger partial charge in [0.05, 0.1) is 19.5 Å². The first-order valence-corrected chi connectivity index (χ1v) is 11.3. The van der Waals surface area contributed by atoms with Gasteiger partial charge in [0.1, 0.15) is 4.93 Å². The average molecular weight is 444 g/mol. The zero-order chi connectivity index (χ0) is 21.0. The second-order valence-corrected chi connectivity index (χ2v) is 9.45. The smallest absolute Gasteiger partial charge is 0.188 e. The highest BCUT2D eigenvalue weighted by Gasteiger charge is 2.50. The molecule has 1 aliphatic rings. The molecule has 1 aromatic heterocycles. The van der Waals surface area contributed by atoms with Crippen molar-refractivity contribution in [1.82, 2.24) is 9.55 Å². The zero-order valence-electron chi connectivity index (χ0n) is 17.0. The maximum Gasteiger partial charge on any atom is 0.188 e. The van der Waals surface area contributed by atoms with Crippen LogP contribution in [0.1, 0.15) is 25.3 Å². The molecule has 0 radical (unpaired) electrons. The third kappa shape index (κ3) is 5.01. The lowest BCUT2D eigenvalue weighted by Crippen LogP contribution is -2.39. The Hall–Kier alpha value is -1.99. The van der Waals surface area contributed by atoms with Crippen molar-refractivity contribution in [2.45, 2.75) is 48.3 Å². The molecule has 1 aliphatic heterocycles. The number of hydrogen-bond donors (Lipinski definition) is 1. The number of rotatable bonds is 8. The molecule has 0 bridgehead atoms. The summed E-state index contributed by atoms with van der Waals surface area (Å²) in [5, 5.41) is 0.741.